The lowest BCUT2D eigenvalue weighted by Crippen LogP contribution is -2.30. The minimum absolute atomic E-state index is 0.292. The molecule has 0 atom stereocenters. The summed E-state index contributed by atoms with van der Waals surface area (Å²) in [5.74, 6) is 0. The summed E-state index contributed by atoms with van der Waals surface area (Å²) < 4.78 is 33.9. The average Bonchev–Trinajstić information content (AvgIpc) is 3.36. The molecule has 5 rings (SSSR count). The molecule has 0 unspecified atom stereocenters. The van der Waals surface area contributed by atoms with Crippen LogP contribution in [-0.4, -0.2) is 80.3 Å². The Morgan fingerprint density at radius 1 is 0.468 bits per heavy atom. The second kappa shape index (κ2) is 18.1. The van der Waals surface area contributed by atoms with Crippen LogP contribution in [0.25, 0.3) is 11.1 Å². The molecule has 0 radical (unpaired) electrons. The predicted molar refractivity (Wildman–Crippen MR) is 188 cm³/mol. The van der Waals surface area contributed by atoms with Crippen LogP contribution in [0.5, 0.6) is 0 Å². The van der Waals surface area contributed by atoms with E-state index in [1.165, 1.54) is 27.8 Å². The van der Waals surface area contributed by atoms with Crippen LogP contribution in [0.2, 0.25) is 0 Å². The lowest BCUT2D eigenvalue weighted by molar-refractivity contribution is 0.0145. The van der Waals surface area contributed by atoms with Crippen molar-refractivity contribution in [2.45, 2.75) is 25.2 Å². The molecule has 0 heterocycles. The first kappa shape index (κ1) is 34.8. The van der Waals surface area contributed by atoms with Crippen molar-refractivity contribution < 1.29 is 28.4 Å². The van der Waals surface area contributed by atoms with E-state index in [0.717, 1.165) is 29.9 Å². The Labute approximate surface area is 280 Å². The van der Waals surface area contributed by atoms with Gasteiger partial charge < -0.3 is 33.3 Å². The SMILES string of the molecule is COCCOCCOCCC1(CCOCCOCCOC)c2cc(C)ccc2-c2ccc(N(c3ccccc3)c3ccccc3)cc21. The summed E-state index contributed by atoms with van der Waals surface area (Å²) in [5, 5.41) is 0. The molecule has 4 aromatic rings. The minimum Gasteiger partial charge on any atom is -0.382 e. The first-order valence-corrected chi connectivity index (χ1v) is 16.6. The van der Waals surface area contributed by atoms with Crippen LogP contribution >= 0.6 is 0 Å². The molecule has 47 heavy (non-hydrogen) atoms. The number of rotatable bonds is 21. The van der Waals surface area contributed by atoms with Crippen LogP contribution in [0.1, 0.15) is 29.5 Å². The van der Waals surface area contributed by atoms with Gasteiger partial charge in [0.2, 0.25) is 0 Å². The van der Waals surface area contributed by atoms with E-state index >= 15 is 0 Å². The fourth-order valence-corrected chi connectivity index (χ4v) is 6.42. The van der Waals surface area contributed by atoms with Gasteiger partial charge in [-0.1, -0.05) is 66.2 Å². The number of nitrogens with zero attached hydrogens (tertiary/aromatic N) is 1. The zero-order chi connectivity index (χ0) is 32.7. The van der Waals surface area contributed by atoms with Crippen molar-refractivity contribution in [1.29, 1.82) is 0 Å². The molecule has 0 aliphatic heterocycles. The van der Waals surface area contributed by atoms with Gasteiger partial charge in [-0.2, -0.15) is 0 Å². The Bertz CT molecular complexity index is 1440. The predicted octanol–water partition coefficient (Wildman–Crippen LogP) is 7.87. The highest BCUT2D eigenvalue weighted by Gasteiger charge is 2.43. The average molecular weight is 640 g/mol. The van der Waals surface area contributed by atoms with Crippen LogP contribution < -0.4 is 4.90 Å². The highest BCUT2D eigenvalue weighted by molar-refractivity contribution is 5.86. The molecule has 0 aromatic heterocycles. The van der Waals surface area contributed by atoms with Crippen molar-refractivity contribution in [3.05, 3.63) is 114 Å². The van der Waals surface area contributed by atoms with Gasteiger partial charge in [0.15, 0.2) is 0 Å². The topological polar surface area (TPSA) is 58.6 Å². The van der Waals surface area contributed by atoms with Crippen LogP contribution in [-0.2, 0) is 33.8 Å². The number of benzene rings is 4. The van der Waals surface area contributed by atoms with Crippen molar-refractivity contribution in [3.8, 4) is 11.1 Å². The number of para-hydroxylation sites is 2. The number of ether oxygens (including phenoxy) is 6. The molecular weight excluding hydrogens is 590 g/mol. The van der Waals surface area contributed by atoms with Gasteiger partial charge in [0.1, 0.15) is 0 Å². The molecule has 0 saturated heterocycles. The van der Waals surface area contributed by atoms with Crippen LogP contribution in [0, 0.1) is 6.92 Å². The molecule has 0 N–H and O–H groups in total. The second-order valence-corrected chi connectivity index (χ2v) is 11.8. The third kappa shape index (κ3) is 8.87. The van der Waals surface area contributed by atoms with Crippen molar-refractivity contribution in [2.24, 2.45) is 0 Å². The fraction of sp³-hybridized carbons (Fsp3) is 0.400. The zero-order valence-corrected chi connectivity index (χ0v) is 28.1. The molecule has 0 spiro atoms. The highest BCUT2D eigenvalue weighted by atomic mass is 16.5. The van der Waals surface area contributed by atoms with Crippen LogP contribution in [0.3, 0.4) is 0 Å². The van der Waals surface area contributed by atoms with Crippen molar-refractivity contribution >= 4 is 17.1 Å². The zero-order valence-electron chi connectivity index (χ0n) is 28.1. The van der Waals surface area contributed by atoms with E-state index in [0.29, 0.717) is 66.1 Å². The van der Waals surface area contributed by atoms with Crippen molar-refractivity contribution in [1.82, 2.24) is 0 Å². The van der Waals surface area contributed by atoms with Gasteiger partial charge in [-0.15, -0.1) is 0 Å². The monoisotopic (exact) mass is 639 g/mol. The number of fused-ring (bicyclic) bond motifs is 3. The van der Waals surface area contributed by atoms with Gasteiger partial charge in [-0.3, -0.25) is 0 Å². The van der Waals surface area contributed by atoms with E-state index in [4.69, 9.17) is 28.4 Å². The minimum atomic E-state index is -0.292. The van der Waals surface area contributed by atoms with E-state index in [1.807, 2.05) is 0 Å². The lowest BCUT2D eigenvalue weighted by atomic mass is 9.72. The van der Waals surface area contributed by atoms with Gasteiger partial charge in [0.05, 0.1) is 52.9 Å². The maximum atomic E-state index is 6.21. The Morgan fingerprint density at radius 2 is 0.915 bits per heavy atom. The van der Waals surface area contributed by atoms with E-state index in [2.05, 4.69) is 109 Å². The summed E-state index contributed by atoms with van der Waals surface area (Å²) in [5.41, 5.74) is 9.52. The standard InChI is InChI=1S/C40H49NO6/c1-32-14-16-36-37-17-15-35(41(33-10-6-4-7-11-33)34-12-8-5-9-13-34)31-39(37)40(38(36)30-32,18-20-44-26-28-46-24-22-42-2)19-21-45-27-29-47-25-23-43-3/h4-17,30-31H,18-29H2,1-3H3. The number of aryl methyl sites for hydroxylation is 1. The lowest BCUT2D eigenvalue weighted by Gasteiger charge is -2.34. The van der Waals surface area contributed by atoms with E-state index in [1.54, 1.807) is 14.2 Å². The summed E-state index contributed by atoms with van der Waals surface area (Å²) in [7, 11) is 3.36. The van der Waals surface area contributed by atoms with Gasteiger partial charge >= 0.3 is 0 Å². The van der Waals surface area contributed by atoms with Gasteiger partial charge in [0, 0.05) is 49.9 Å². The van der Waals surface area contributed by atoms with Crippen LogP contribution in [0.4, 0.5) is 17.1 Å². The summed E-state index contributed by atoms with van der Waals surface area (Å²) in [6.07, 6.45) is 1.64. The van der Waals surface area contributed by atoms with Crippen molar-refractivity contribution in [3.63, 3.8) is 0 Å². The van der Waals surface area contributed by atoms with E-state index < -0.39 is 0 Å². The van der Waals surface area contributed by atoms with Gasteiger partial charge in [-0.05, 0) is 78.4 Å². The molecule has 0 saturated carbocycles. The number of anilines is 3. The number of methoxy groups -OCH3 is 2. The molecular formula is C40H49NO6. The maximum Gasteiger partial charge on any atom is 0.0701 e. The first-order valence-electron chi connectivity index (χ1n) is 16.6. The summed E-state index contributed by atoms with van der Waals surface area (Å²) in [6.45, 7) is 7.85. The van der Waals surface area contributed by atoms with Gasteiger partial charge in [-0.25, -0.2) is 0 Å². The van der Waals surface area contributed by atoms with Crippen molar-refractivity contribution in [2.75, 3.05) is 85.2 Å². The Hall–Kier alpha value is -3.56. The smallest absolute Gasteiger partial charge is 0.0701 e. The molecule has 250 valence electrons. The Morgan fingerprint density at radius 3 is 1.43 bits per heavy atom. The summed E-state index contributed by atoms with van der Waals surface area (Å²) in [6, 6.07) is 34.9. The highest BCUT2D eigenvalue weighted by Crippen LogP contribution is 2.54. The quantitative estimate of drug-likeness (QED) is 0.0860. The largest absolute Gasteiger partial charge is 0.382 e. The molecule has 7 nitrogen and oxygen atoms in total. The maximum absolute atomic E-state index is 6.21. The Kier molecular flexibility index (Phi) is 13.4. The molecule has 0 amide bonds. The van der Waals surface area contributed by atoms with E-state index in [-0.39, 0.29) is 5.41 Å². The molecule has 0 bridgehead atoms. The summed E-state index contributed by atoms with van der Waals surface area (Å²) >= 11 is 0. The van der Waals surface area contributed by atoms with Gasteiger partial charge in [0.25, 0.3) is 0 Å². The number of hydrogen-bond donors (Lipinski definition) is 0. The first-order chi connectivity index (χ1) is 23.2. The molecule has 1 aliphatic carbocycles. The van der Waals surface area contributed by atoms with E-state index in [9.17, 15) is 0 Å². The normalized spacial score (nSPS) is 13.0. The summed E-state index contributed by atoms with van der Waals surface area (Å²) in [4.78, 5) is 2.33. The third-order valence-corrected chi connectivity index (χ3v) is 8.74. The molecule has 1 aliphatic rings. The molecule has 0 fully saturated rings. The third-order valence-electron chi connectivity index (χ3n) is 8.74. The number of hydrogen-bond acceptors (Lipinski definition) is 7. The molecule has 7 heteroatoms. The van der Waals surface area contributed by atoms with Crippen LogP contribution in [0.15, 0.2) is 97.1 Å². The second-order valence-electron chi connectivity index (χ2n) is 11.8. The fourth-order valence-electron chi connectivity index (χ4n) is 6.42. The Balaban J connectivity index is 1.47. The molecule has 4 aromatic carbocycles.